The summed E-state index contributed by atoms with van der Waals surface area (Å²) >= 11 is 12.1. The first kappa shape index (κ1) is 24.3. The molecule has 178 valence electrons. The predicted molar refractivity (Wildman–Crippen MR) is 140 cm³/mol. The standard InChI is InChI=1S/C26H21Cl2N3O4/c1-3-6-18-11-17(14-29-31-25(32)19-7-4-5-8-22(19)30-26(31)33)13-23(34-2)24(18)35-15-16-9-10-20(27)21(28)12-16/h3-5,7-14H,1,6,15H2,2H3,(H,30,33). The molecule has 1 heterocycles. The lowest BCUT2D eigenvalue weighted by atomic mass is 10.1. The molecule has 35 heavy (non-hydrogen) atoms. The number of nitrogens with zero attached hydrogens (tertiary/aromatic N) is 2. The molecule has 1 N–H and O–H groups in total. The number of para-hydroxylation sites is 1. The fourth-order valence-electron chi connectivity index (χ4n) is 3.55. The van der Waals surface area contributed by atoms with Crippen molar-refractivity contribution in [2.45, 2.75) is 13.0 Å². The van der Waals surface area contributed by atoms with Crippen molar-refractivity contribution < 1.29 is 9.47 Å². The van der Waals surface area contributed by atoms with Gasteiger partial charge in [0, 0.05) is 5.56 Å². The zero-order valence-corrected chi connectivity index (χ0v) is 20.3. The molecule has 4 aromatic rings. The van der Waals surface area contributed by atoms with Crippen LogP contribution in [0.25, 0.3) is 10.9 Å². The van der Waals surface area contributed by atoms with Crippen molar-refractivity contribution in [2.75, 3.05) is 7.11 Å². The molecule has 3 aromatic carbocycles. The van der Waals surface area contributed by atoms with Crippen molar-refractivity contribution in [1.82, 2.24) is 9.66 Å². The Bertz CT molecular complexity index is 1560. The van der Waals surface area contributed by atoms with Crippen molar-refractivity contribution >= 4 is 40.3 Å². The molecule has 9 heteroatoms. The number of nitrogens with one attached hydrogen (secondary N) is 1. The molecule has 0 spiro atoms. The first-order valence-corrected chi connectivity index (χ1v) is 11.3. The van der Waals surface area contributed by atoms with Crippen LogP contribution in [-0.2, 0) is 13.0 Å². The normalized spacial score (nSPS) is 11.2. The molecular weight excluding hydrogens is 489 g/mol. The molecule has 0 fully saturated rings. The van der Waals surface area contributed by atoms with Gasteiger partial charge in [-0.05, 0) is 53.9 Å². The summed E-state index contributed by atoms with van der Waals surface area (Å²) in [5, 5.41) is 5.40. The van der Waals surface area contributed by atoms with Crippen LogP contribution in [0, 0.1) is 0 Å². The lowest BCUT2D eigenvalue weighted by Gasteiger charge is -2.16. The first-order valence-electron chi connectivity index (χ1n) is 10.6. The minimum Gasteiger partial charge on any atom is -0.493 e. The second-order valence-corrected chi connectivity index (χ2v) is 8.39. The molecule has 0 unspecified atom stereocenters. The maximum atomic E-state index is 12.7. The number of H-pyrrole nitrogens is 1. The Kier molecular flexibility index (Phi) is 7.39. The zero-order chi connectivity index (χ0) is 24.9. The van der Waals surface area contributed by atoms with Gasteiger partial charge in [0.2, 0.25) is 0 Å². The van der Waals surface area contributed by atoms with Gasteiger partial charge in [-0.15, -0.1) is 11.3 Å². The molecule has 4 rings (SSSR count). The predicted octanol–water partition coefficient (Wildman–Crippen LogP) is 5.19. The third kappa shape index (κ3) is 5.31. The molecule has 0 aliphatic rings. The number of aromatic amines is 1. The van der Waals surface area contributed by atoms with E-state index in [0.29, 0.717) is 44.4 Å². The average Bonchev–Trinajstić information content (AvgIpc) is 2.85. The van der Waals surface area contributed by atoms with Gasteiger partial charge >= 0.3 is 5.69 Å². The van der Waals surface area contributed by atoms with Gasteiger partial charge < -0.3 is 14.5 Å². The van der Waals surface area contributed by atoms with Crippen LogP contribution in [0.4, 0.5) is 0 Å². The van der Waals surface area contributed by atoms with Gasteiger partial charge in [-0.2, -0.15) is 5.10 Å². The van der Waals surface area contributed by atoms with Crippen molar-refractivity contribution in [3.8, 4) is 11.5 Å². The van der Waals surface area contributed by atoms with Crippen LogP contribution in [-0.4, -0.2) is 23.0 Å². The largest absolute Gasteiger partial charge is 0.493 e. The Labute approximate surface area is 210 Å². The first-order chi connectivity index (χ1) is 16.9. The van der Waals surface area contributed by atoms with Crippen LogP contribution in [0.5, 0.6) is 11.5 Å². The van der Waals surface area contributed by atoms with E-state index >= 15 is 0 Å². The van der Waals surface area contributed by atoms with Crippen molar-refractivity contribution in [1.29, 1.82) is 0 Å². The maximum Gasteiger partial charge on any atom is 0.349 e. The Morgan fingerprint density at radius 3 is 2.63 bits per heavy atom. The number of benzene rings is 3. The number of ether oxygens (including phenoxy) is 2. The molecule has 0 amide bonds. The smallest absolute Gasteiger partial charge is 0.349 e. The summed E-state index contributed by atoms with van der Waals surface area (Å²) in [4.78, 5) is 27.8. The van der Waals surface area contributed by atoms with E-state index in [0.717, 1.165) is 15.8 Å². The number of methoxy groups -OCH3 is 1. The number of halogens is 2. The molecule has 0 aliphatic heterocycles. The quantitative estimate of drug-likeness (QED) is 0.261. The fraction of sp³-hybridized carbons (Fsp3) is 0.115. The van der Waals surface area contributed by atoms with Gasteiger partial charge in [-0.25, -0.2) is 4.79 Å². The third-order valence-corrected chi connectivity index (χ3v) is 5.95. The number of hydrogen-bond acceptors (Lipinski definition) is 5. The highest BCUT2D eigenvalue weighted by atomic mass is 35.5. The zero-order valence-electron chi connectivity index (χ0n) is 18.8. The molecule has 1 aromatic heterocycles. The lowest BCUT2D eigenvalue weighted by Crippen LogP contribution is -2.32. The van der Waals surface area contributed by atoms with Gasteiger partial charge in [0.25, 0.3) is 5.56 Å². The monoisotopic (exact) mass is 509 g/mol. The number of rotatable bonds is 8. The van der Waals surface area contributed by atoms with Gasteiger partial charge in [0.05, 0.1) is 34.3 Å². The summed E-state index contributed by atoms with van der Waals surface area (Å²) in [5.74, 6) is 1.00. The minimum atomic E-state index is -0.634. The third-order valence-electron chi connectivity index (χ3n) is 5.21. The Morgan fingerprint density at radius 1 is 1.09 bits per heavy atom. The van der Waals surface area contributed by atoms with Crippen LogP contribution >= 0.6 is 23.2 Å². The second-order valence-electron chi connectivity index (χ2n) is 7.58. The number of allylic oxidation sites excluding steroid dienone is 1. The van der Waals surface area contributed by atoms with E-state index in [9.17, 15) is 9.59 Å². The summed E-state index contributed by atoms with van der Waals surface area (Å²) in [6, 6.07) is 15.6. The van der Waals surface area contributed by atoms with Crippen LogP contribution < -0.4 is 20.7 Å². The highest BCUT2D eigenvalue weighted by Gasteiger charge is 2.14. The van der Waals surface area contributed by atoms with E-state index in [2.05, 4.69) is 16.7 Å². The van der Waals surface area contributed by atoms with E-state index in [-0.39, 0.29) is 6.61 Å². The number of hydrogen-bond donors (Lipinski definition) is 1. The second kappa shape index (κ2) is 10.6. The molecule has 0 aliphatic carbocycles. The summed E-state index contributed by atoms with van der Waals surface area (Å²) in [7, 11) is 1.53. The summed E-state index contributed by atoms with van der Waals surface area (Å²) in [5.41, 5.74) is 1.55. The molecule has 0 bridgehead atoms. The summed E-state index contributed by atoms with van der Waals surface area (Å²) in [6.07, 6.45) is 3.65. The summed E-state index contributed by atoms with van der Waals surface area (Å²) < 4.78 is 12.4. The molecule has 0 saturated heterocycles. The lowest BCUT2D eigenvalue weighted by molar-refractivity contribution is 0.282. The van der Waals surface area contributed by atoms with Crippen LogP contribution in [0.2, 0.25) is 10.0 Å². The van der Waals surface area contributed by atoms with Gasteiger partial charge in [-0.1, -0.05) is 47.5 Å². The summed E-state index contributed by atoms with van der Waals surface area (Å²) in [6.45, 7) is 4.06. The van der Waals surface area contributed by atoms with E-state index in [1.807, 2.05) is 12.1 Å². The van der Waals surface area contributed by atoms with Gasteiger partial charge in [0.15, 0.2) is 11.5 Å². The maximum absolute atomic E-state index is 12.7. The molecule has 0 atom stereocenters. The van der Waals surface area contributed by atoms with E-state index in [4.69, 9.17) is 32.7 Å². The van der Waals surface area contributed by atoms with Crippen LogP contribution in [0.3, 0.4) is 0 Å². The van der Waals surface area contributed by atoms with E-state index in [1.54, 1.807) is 48.5 Å². The number of fused-ring (bicyclic) bond motifs is 1. The Hall–Kier alpha value is -3.81. The van der Waals surface area contributed by atoms with E-state index in [1.165, 1.54) is 13.3 Å². The Balaban J connectivity index is 1.68. The van der Waals surface area contributed by atoms with Gasteiger partial charge in [-0.3, -0.25) is 4.79 Å². The van der Waals surface area contributed by atoms with Crippen LogP contribution in [0.15, 0.2) is 81.9 Å². The minimum absolute atomic E-state index is 0.243. The molecule has 0 radical (unpaired) electrons. The fourth-order valence-corrected chi connectivity index (χ4v) is 3.87. The van der Waals surface area contributed by atoms with Crippen molar-refractivity contribution in [2.24, 2.45) is 5.10 Å². The molecular formula is C26H21Cl2N3O4. The van der Waals surface area contributed by atoms with Crippen molar-refractivity contribution in [3.63, 3.8) is 0 Å². The topological polar surface area (TPSA) is 85.7 Å². The van der Waals surface area contributed by atoms with E-state index < -0.39 is 11.2 Å². The van der Waals surface area contributed by atoms with Crippen LogP contribution in [0.1, 0.15) is 16.7 Å². The number of aromatic nitrogens is 2. The highest BCUT2D eigenvalue weighted by molar-refractivity contribution is 6.42. The molecule has 0 saturated carbocycles. The van der Waals surface area contributed by atoms with Crippen molar-refractivity contribution in [3.05, 3.63) is 115 Å². The molecule has 7 nitrogen and oxygen atoms in total. The Morgan fingerprint density at radius 2 is 1.89 bits per heavy atom. The SMILES string of the molecule is C=CCc1cc(C=Nn2c(=O)[nH]c3ccccc3c2=O)cc(OC)c1OCc1ccc(Cl)c(Cl)c1. The van der Waals surface area contributed by atoms with Gasteiger partial charge in [0.1, 0.15) is 6.61 Å². The average molecular weight is 510 g/mol. The highest BCUT2D eigenvalue weighted by Crippen LogP contribution is 2.34.